The molecule has 0 atom stereocenters. The summed E-state index contributed by atoms with van der Waals surface area (Å²) in [6.07, 6.45) is -0.219. The van der Waals surface area contributed by atoms with Gasteiger partial charge in [-0.3, -0.25) is 9.89 Å². The van der Waals surface area contributed by atoms with Crippen LogP contribution in [0.15, 0.2) is 10.4 Å². The summed E-state index contributed by atoms with van der Waals surface area (Å²) in [6.45, 7) is 16.0. The van der Waals surface area contributed by atoms with Crippen LogP contribution in [-0.2, 0) is 11.3 Å². The average molecular weight is 425 g/mol. The van der Waals surface area contributed by atoms with Crippen molar-refractivity contribution in [3.8, 4) is 0 Å². The molecule has 9 heteroatoms. The van der Waals surface area contributed by atoms with Gasteiger partial charge < -0.3 is 19.9 Å². The van der Waals surface area contributed by atoms with E-state index >= 15 is 0 Å². The van der Waals surface area contributed by atoms with Crippen LogP contribution in [0.2, 0.25) is 0 Å². The fraction of sp³-hybridized carbons (Fsp3) is 0.750. The van der Waals surface area contributed by atoms with Crippen molar-refractivity contribution in [3.05, 3.63) is 16.1 Å². The molecule has 0 aromatic carbocycles. The number of nitrogens with one attached hydrogen (secondary N) is 1. The summed E-state index contributed by atoms with van der Waals surface area (Å²) in [5.74, 6) is 0.894. The van der Waals surface area contributed by atoms with Crippen LogP contribution < -0.4 is 5.32 Å². The van der Waals surface area contributed by atoms with E-state index in [9.17, 15) is 4.79 Å². The fourth-order valence-electron chi connectivity index (χ4n) is 3.05. The second-order valence-corrected chi connectivity index (χ2v) is 9.32. The molecule has 1 aromatic heterocycles. The molecule has 1 N–H and O–H groups in total. The maximum absolute atomic E-state index is 12.2. The predicted octanol–water partition coefficient (Wildman–Crippen LogP) is 2.40. The molecule has 0 aliphatic carbocycles. The van der Waals surface area contributed by atoms with Crippen LogP contribution in [0.3, 0.4) is 0 Å². The summed E-state index contributed by atoms with van der Waals surface area (Å²) in [5, 5.41) is 6.54. The number of carbonyl (C=O) groups excluding carboxylic acids is 1. The Hall–Kier alpha value is -1.87. The van der Waals surface area contributed by atoms with Gasteiger partial charge in [-0.15, -0.1) is 11.3 Å². The van der Waals surface area contributed by atoms with Crippen LogP contribution in [0.5, 0.6) is 0 Å². The summed E-state index contributed by atoms with van der Waals surface area (Å²) in [6, 6.07) is 0. The van der Waals surface area contributed by atoms with Gasteiger partial charge in [0.2, 0.25) is 0 Å². The van der Waals surface area contributed by atoms with Crippen molar-refractivity contribution in [3.63, 3.8) is 0 Å². The van der Waals surface area contributed by atoms with Gasteiger partial charge in [0.05, 0.1) is 23.8 Å². The van der Waals surface area contributed by atoms with Crippen molar-refractivity contribution < 1.29 is 9.53 Å². The fourth-order valence-corrected chi connectivity index (χ4v) is 3.65. The minimum atomic E-state index is -0.450. The van der Waals surface area contributed by atoms with Gasteiger partial charge in [-0.25, -0.2) is 9.78 Å². The number of thiazole rings is 1. The Morgan fingerprint density at radius 3 is 2.59 bits per heavy atom. The number of guanidine groups is 1. The summed E-state index contributed by atoms with van der Waals surface area (Å²) >= 11 is 1.67. The highest BCUT2D eigenvalue weighted by Gasteiger charge is 2.25. The SMILES string of the molecule is CCNC(=NCCN1CCN(C(=O)OC(C)(C)C)CC1)N(C)Cc1csc(C)n1. The molecule has 1 aliphatic heterocycles. The monoisotopic (exact) mass is 424 g/mol. The van der Waals surface area contributed by atoms with Crippen molar-refractivity contribution in [1.82, 2.24) is 25.0 Å². The molecule has 1 amide bonds. The number of carbonyl (C=O) groups is 1. The Morgan fingerprint density at radius 1 is 1.34 bits per heavy atom. The van der Waals surface area contributed by atoms with E-state index in [-0.39, 0.29) is 6.09 Å². The highest BCUT2D eigenvalue weighted by molar-refractivity contribution is 7.09. The number of hydrogen-bond donors (Lipinski definition) is 1. The molecule has 1 fully saturated rings. The van der Waals surface area contributed by atoms with Crippen LogP contribution in [-0.4, -0.2) is 90.2 Å². The third-order valence-corrected chi connectivity index (χ3v) is 5.29. The molecule has 0 unspecified atom stereocenters. The van der Waals surface area contributed by atoms with Crippen molar-refractivity contribution in [2.24, 2.45) is 4.99 Å². The smallest absolute Gasteiger partial charge is 0.410 e. The van der Waals surface area contributed by atoms with Gasteiger partial charge in [0, 0.05) is 51.7 Å². The molecule has 1 aliphatic rings. The van der Waals surface area contributed by atoms with Crippen LogP contribution in [0, 0.1) is 6.92 Å². The number of piperazine rings is 1. The third-order valence-electron chi connectivity index (χ3n) is 4.46. The van der Waals surface area contributed by atoms with E-state index in [0.29, 0.717) is 13.1 Å². The van der Waals surface area contributed by atoms with E-state index in [0.717, 1.165) is 55.9 Å². The highest BCUT2D eigenvalue weighted by Crippen LogP contribution is 2.12. The second-order valence-electron chi connectivity index (χ2n) is 8.26. The lowest BCUT2D eigenvalue weighted by atomic mass is 10.2. The molecule has 0 bridgehead atoms. The van der Waals surface area contributed by atoms with Gasteiger partial charge >= 0.3 is 6.09 Å². The lowest BCUT2D eigenvalue weighted by Gasteiger charge is -2.35. The van der Waals surface area contributed by atoms with E-state index in [1.54, 1.807) is 16.2 Å². The second kappa shape index (κ2) is 10.8. The lowest BCUT2D eigenvalue weighted by molar-refractivity contribution is 0.0148. The van der Waals surface area contributed by atoms with Gasteiger partial charge in [0.25, 0.3) is 0 Å². The Bertz CT molecular complexity index is 677. The average Bonchev–Trinajstić information content (AvgIpc) is 3.04. The first kappa shape index (κ1) is 23.4. The number of aromatic nitrogens is 1. The number of rotatable bonds is 6. The predicted molar refractivity (Wildman–Crippen MR) is 119 cm³/mol. The van der Waals surface area contributed by atoms with E-state index in [2.05, 4.69) is 32.4 Å². The van der Waals surface area contributed by atoms with E-state index < -0.39 is 5.60 Å². The number of aliphatic imine (C=N–C) groups is 1. The molecule has 164 valence electrons. The summed E-state index contributed by atoms with van der Waals surface area (Å²) in [7, 11) is 2.04. The lowest BCUT2D eigenvalue weighted by Crippen LogP contribution is -2.50. The summed E-state index contributed by atoms with van der Waals surface area (Å²) in [5.41, 5.74) is 0.619. The number of hydrogen-bond acceptors (Lipinski definition) is 6. The number of ether oxygens (including phenoxy) is 1. The minimum Gasteiger partial charge on any atom is -0.444 e. The van der Waals surface area contributed by atoms with Gasteiger partial charge in [-0.2, -0.15) is 0 Å². The maximum atomic E-state index is 12.2. The normalized spacial score (nSPS) is 16.1. The summed E-state index contributed by atoms with van der Waals surface area (Å²) in [4.78, 5) is 27.7. The zero-order valence-electron chi connectivity index (χ0n) is 18.7. The molecule has 2 heterocycles. The first-order valence-electron chi connectivity index (χ1n) is 10.3. The van der Waals surface area contributed by atoms with E-state index in [1.165, 1.54) is 0 Å². The Kier molecular flexibility index (Phi) is 8.70. The first-order valence-corrected chi connectivity index (χ1v) is 11.2. The minimum absolute atomic E-state index is 0.219. The molecule has 2 rings (SSSR count). The molecule has 29 heavy (non-hydrogen) atoms. The van der Waals surface area contributed by atoms with Gasteiger partial charge in [0.1, 0.15) is 5.60 Å². The molecular weight excluding hydrogens is 388 g/mol. The molecule has 1 saturated heterocycles. The number of amides is 1. The van der Waals surface area contributed by atoms with Crippen molar-refractivity contribution in [2.45, 2.75) is 46.8 Å². The van der Waals surface area contributed by atoms with E-state index in [1.807, 2.05) is 34.7 Å². The van der Waals surface area contributed by atoms with Crippen LogP contribution in [0.25, 0.3) is 0 Å². The van der Waals surface area contributed by atoms with Crippen LogP contribution >= 0.6 is 11.3 Å². The van der Waals surface area contributed by atoms with E-state index in [4.69, 9.17) is 9.73 Å². The Morgan fingerprint density at radius 2 is 2.03 bits per heavy atom. The summed E-state index contributed by atoms with van der Waals surface area (Å²) < 4.78 is 5.46. The Labute approximate surface area is 178 Å². The number of aryl methyl sites for hydroxylation is 1. The van der Waals surface area contributed by atoms with Crippen molar-refractivity contribution in [2.75, 3.05) is 52.9 Å². The third kappa shape index (κ3) is 8.18. The van der Waals surface area contributed by atoms with Crippen LogP contribution in [0.1, 0.15) is 38.4 Å². The van der Waals surface area contributed by atoms with Crippen molar-refractivity contribution in [1.29, 1.82) is 0 Å². The zero-order chi connectivity index (χ0) is 21.4. The molecule has 0 radical (unpaired) electrons. The topological polar surface area (TPSA) is 73.3 Å². The highest BCUT2D eigenvalue weighted by atomic mass is 32.1. The standard InChI is InChI=1S/C20H36N6O2S/c1-7-21-18(24(6)14-17-15-29-16(2)23-17)22-8-9-25-10-12-26(13-11-25)19(27)28-20(3,4)5/h15H,7-14H2,1-6H3,(H,21,22). The quantitative estimate of drug-likeness (QED) is 0.558. The zero-order valence-corrected chi connectivity index (χ0v) is 19.5. The van der Waals surface area contributed by atoms with Gasteiger partial charge in [-0.05, 0) is 34.6 Å². The maximum Gasteiger partial charge on any atom is 0.410 e. The largest absolute Gasteiger partial charge is 0.444 e. The Balaban J connectivity index is 1.78. The molecule has 0 spiro atoms. The molecule has 0 saturated carbocycles. The number of nitrogens with zero attached hydrogens (tertiary/aromatic N) is 5. The van der Waals surface area contributed by atoms with Crippen LogP contribution in [0.4, 0.5) is 4.79 Å². The molecule has 8 nitrogen and oxygen atoms in total. The van der Waals surface area contributed by atoms with Gasteiger partial charge in [-0.1, -0.05) is 0 Å². The van der Waals surface area contributed by atoms with Gasteiger partial charge in [0.15, 0.2) is 5.96 Å². The van der Waals surface area contributed by atoms with Crippen molar-refractivity contribution >= 4 is 23.4 Å². The molecular formula is C20H36N6O2S. The molecule has 1 aromatic rings. The first-order chi connectivity index (χ1) is 13.7.